The van der Waals surface area contributed by atoms with Crippen LogP contribution in [0.4, 0.5) is 4.39 Å². The maximum absolute atomic E-state index is 14.4. The van der Waals surface area contributed by atoms with Gasteiger partial charge < -0.3 is 4.74 Å². The van der Waals surface area contributed by atoms with Crippen LogP contribution < -0.4 is 0 Å². The quantitative estimate of drug-likeness (QED) is 0.692. The van der Waals surface area contributed by atoms with Crippen molar-refractivity contribution in [1.29, 1.82) is 0 Å². The molecule has 0 radical (unpaired) electrons. The van der Waals surface area contributed by atoms with Crippen LogP contribution in [0.5, 0.6) is 0 Å². The molecule has 0 unspecified atom stereocenters. The summed E-state index contributed by atoms with van der Waals surface area (Å²) >= 11 is 0. The molecule has 1 aromatic heterocycles. The summed E-state index contributed by atoms with van der Waals surface area (Å²) in [5.41, 5.74) is 1.50. The van der Waals surface area contributed by atoms with E-state index in [9.17, 15) is 9.18 Å². The number of nitrogens with zero attached hydrogens (tertiary/aromatic N) is 1. The van der Waals surface area contributed by atoms with Crippen LogP contribution in [0.15, 0.2) is 36.5 Å². The highest BCUT2D eigenvalue weighted by molar-refractivity contribution is 5.98. The summed E-state index contributed by atoms with van der Waals surface area (Å²) in [6, 6.07) is 8.22. The summed E-state index contributed by atoms with van der Waals surface area (Å²) in [4.78, 5) is 17.5. The fourth-order valence-corrected chi connectivity index (χ4v) is 3.43. The van der Waals surface area contributed by atoms with E-state index < -0.39 is 11.6 Å². The number of halogens is 1. The first-order valence-electron chi connectivity index (χ1n) is 8.84. The molecule has 1 heterocycles. The summed E-state index contributed by atoms with van der Waals surface area (Å²) < 4.78 is 20.0. The van der Waals surface area contributed by atoms with Gasteiger partial charge in [0, 0.05) is 23.2 Å². The summed E-state index contributed by atoms with van der Waals surface area (Å²) in [5, 5.41) is 0. The van der Waals surface area contributed by atoms with Crippen LogP contribution in [0.1, 0.15) is 68.4 Å². The Hall–Kier alpha value is -2.23. The third-order valence-corrected chi connectivity index (χ3v) is 4.49. The summed E-state index contributed by atoms with van der Waals surface area (Å²) in [6.45, 7) is 5.50. The second-order valence-corrected chi connectivity index (χ2v) is 7.58. The minimum Gasteiger partial charge on any atom is -0.456 e. The molecule has 1 aliphatic carbocycles. The first-order chi connectivity index (χ1) is 11.9. The number of hydrogen-bond donors (Lipinski definition) is 0. The molecular formula is C21H24FNO2. The monoisotopic (exact) mass is 341 g/mol. The highest BCUT2D eigenvalue weighted by Crippen LogP contribution is 2.38. The molecule has 132 valence electrons. The lowest BCUT2D eigenvalue weighted by Crippen LogP contribution is -2.25. The van der Waals surface area contributed by atoms with E-state index in [1.807, 2.05) is 20.8 Å². The molecule has 0 saturated heterocycles. The fourth-order valence-electron chi connectivity index (χ4n) is 3.43. The van der Waals surface area contributed by atoms with Crippen LogP contribution in [0, 0.1) is 5.82 Å². The summed E-state index contributed by atoms with van der Waals surface area (Å²) in [5.74, 6) is -0.550. The lowest BCUT2D eigenvalue weighted by molar-refractivity contribution is 0.00681. The van der Waals surface area contributed by atoms with Crippen molar-refractivity contribution in [2.45, 2.75) is 58.0 Å². The zero-order chi connectivity index (χ0) is 18.0. The number of hydrogen-bond acceptors (Lipinski definition) is 3. The fraction of sp³-hybridized carbons (Fsp3) is 0.429. The largest absolute Gasteiger partial charge is 0.456 e. The highest BCUT2D eigenvalue weighted by Gasteiger charge is 2.30. The molecule has 0 atom stereocenters. The summed E-state index contributed by atoms with van der Waals surface area (Å²) in [7, 11) is 0. The number of ether oxygens (including phenoxy) is 1. The molecule has 3 rings (SSSR count). The Labute approximate surface area is 148 Å². The number of pyridine rings is 1. The predicted molar refractivity (Wildman–Crippen MR) is 96.0 cm³/mol. The Morgan fingerprint density at radius 3 is 2.44 bits per heavy atom. The lowest BCUT2D eigenvalue weighted by Gasteiger charge is -2.23. The van der Waals surface area contributed by atoms with Crippen molar-refractivity contribution in [2.75, 3.05) is 0 Å². The zero-order valence-corrected chi connectivity index (χ0v) is 15.0. The van der Waals surface area contributed by atoms with Gasteiger partial charge in [0.25, 0.3) is 0 Å². The van der Waals surface area contributed by atoms with Crippen molar-refractivity contribution < 1.29 is 13.9 Å². The van der Waals surface area contributed by atoms with Crippen LogP contribution in [0.2, 0.25) is 0 Å². The topological polar surface area (TPSA) is 39.2 Å². The molecule has 0 amide bonds. The van der Waals surface area contributed by atoms with Gasteiger partial charge in [-0.05, 0) is 45.7 Å². The third kappa shape index (κ3) is 3.89. The molecule has 25 heavy (non-hydrogen) atoms. The molecule has 0 spiro atoms. The van der Waals surface area contributed by atoms with Crippen molar-refractivity contribution in [3.8, 4) is 11.1 Å². The van der Waals surface area contributed by atoms with Crippen molar-refractivity contribution >= 4 is 5.97 Å². The van der Waals surface area contributed by atoms with Crippen LogP contribution in [0.25, 0.3) is 11.1 Å². The van der Waals surface area contributed by atoms with Gasteiger partial charge in [-0.1, -0.05) is 31.0 Å². The van der Waals surface area contributed by atoms with E-state index in [0.717, 1.165) is 31.4 Å². The first kappa shape index (κ1) is 17.6. The van der Waals surface area contributed by atoms with Gasteiger partial charge in [-0.15, -0.1) is 0 Å². The molecule has 2 aromatic rings. The van der Waals surface area contributed by atoms with E-state index in [1.54, 1.807) is 30.5 Å². The number of carbonyl (C=O) groups excluding carboxylic acids is 1. The van der Waals surface area contributed by atoms with Crippen molar-refractivity contribution in [3.63, 3.8) is 0 Å². The number of rotatable bonds is 3. The molecule has 1 saturated carbocycles. The van der Waals surface area contributed by atoms with Crippen molar-refractivity contribution in [1.82, 2.24) is 4.98 Å². The van der Waals surface area contributed by atoms with Crippen molar-refractivity contribution in [3.05, 3.63) is 53.6 Å². The second kappa shape index (κ2) is 6.95. The van der Waals surface area contributed by atoms with E-state index in [1.165, 1.54) is 6.07 Å². The predicted octanol–water partition coefficient (Wildman–Crippen LogP) is 5.50. The highest BCUT2D eigenvalue weighted by atomic mass is 19.1. The Morgan fingerprint density at radius 1 is 1.12 bits per heavy atom. The zero-order valence-electron chi connectivity index (χ0n) is 15.0. The molecule has 1 aromatic carbocycles. The Kier molecular flexibility index (Phi) is 4.89. The van der Waals surface area contributed by atoms with Crippen LogP contribution in [0.3, 0.4) is 0 Å². The molecule has 1 fully saturated rings. The smallest absolute Gasteiger partial charge is 0.341 e. The Balaban J connectivity index is 2.16. The number of benzene rings is 1. The van der Waals surface area contributed by atoms with Crippen molar-refractivity contribution in [2.24, 2.45) is 0 Å². The normalized spacial score (nSPS) is 15.4. The molecule has 0 N–H and O–H groups in total. The van der Waals surface area contributed by atoms with Gasteiger partial charge in [-0.3, -0.25) is 4.98 Å². The average molecular weight is 341 g/mol. The second-order valence-electron chi connectivity index (χ2n) is 7.58. The van der Waals surface area contributed by atoms with E-state index in [2.05, 4.69) is 4.98 Å². The van der Waals surface area contributed by atoms with Gasteiger partial charge >= 0.3 is 5.97 Å². The van der Waals surface area contributed by atoms with Gasteiger partial charge in [0.2, 0.25) is 0 Å². The minimum absolute atomic E-state index is 0.231. The van der Waals surface area contributed by atoms with Gasteiger partial charge in [-0.25, -0.2) is 9.18 Å². The molecule has 0 bridgehead atoms. The Bertz CT molecular complexity index is 774. The van der Waals surface area contributed by atoms with Gasteiger partial charge in [0.15, 0.2) is 0 Å². The summed E-state index contributed by atoms with van der Waals surface area (Å²) in [6.07, 6.45) is 5.93. The van der Waals surface area contributed by atoms with E-state index in [4.69, 9.17) is 4.74 Å². The maximum Gasteiger partial charge on any atom is 0.341 e. The molecular weight excluding hydrogens is 317 g/mol. The van der Waals surface area contributed by atoms with Crippen LogP contribution in [-0.2, 0) is 4.74 Å². The average Bonchev–Trinajstić information content (AvgIpc) is 3.07. The standard InChI is InChI=1S/C21H24FNO2/c1-21(2,3)25-20(24)18-16(15-10-6-7-11-17(15)22)12-13-23-19(18)14-8-4-5-9-14/h6-7,10-14H,4-5,8-9H2,1-3H3. The SMILES string of the molecule is CC(C)(C)OC(=O)c1c(-c2ccccc2F)ccnc1C1CCCC1. The van der Waals surface area contributed by atoms with E-state index >= 15 is 0 Å². The minimum atomic E-state index is -0.619. The van der Waals surface area contributed by atoms with Gasteiger partial charge in [0.05, 0.1) is 11.3 Å². The molecule has 3 nitrogen and oxygen atoms in total. The van der Waals surface area contributed by atoms with E-state index in [0.29, 0.717) is 16.7 Å². The first-order valence-corrected chi connectivity index (χ1v) is 8.84. The maximum atomic E-state index is 14.4. The Morgan fingerprint density at radius 2 is 1.80 bits per heavy atom. The van der Waals surface area contributed by atoms with Crippen LogP contribution >= 0.6 is 0 Å². The number of aromatic nitrogens is 1. The molecule has 0 aliphatic heterocycles. The lowest BCUT2D eigenvalue weighted by atomic mass is 9.92. The number of carbonyl (C=O) groups is 1. The molecule has 1 aliphatic rings. The third-order valence-electron chi connectivity index (χ3n) is 4.49. The number of esters is 1. The van der Waals surface area contributed by atoms with E-state index in [-0.39, 0.29) is 11.7 Å². The van der Waals surface area contributed by atoms with Crippen LogP contribution in [-0.4, -0.2) is 16.6 Å². The molecule has 4 heteroatoms. The van der Waals surface area contributed by atoms with Gasteiger partial charge in [-0.2, -0.15) is 0 Å². The van der Waals surface area contributed by atoms with Gasteiger partial charge in [0.1, 0.15) is 11.4 Å².